The zero-order valence-electron chi connectivity index (χ0n) is 15.9. The molecule has 7 heteroatoms. The molecule has 0 fully saturated rings. The number of amides is 1. The number of thiophene rings is 1. The quantitative estimate of drug-likeness (QED) is 0.451. The highest BCUT2D eigenvalue weighted by Gasteiger charge is 2.18. The Bertz CT molecular complexity index is 1280. The number of hydrogen-bond donors (Lipinski definition) is 1. The van der Waals surface area contributed by atoms with E-state index in [1.807, 2.05) is 62.4 Å². The van der Waals surface area contributed by atoms with Crippen molar-refractivity contribution in [2.75, 3.05) is 5.32 Å². The Morgan fingerprint density at radius 3 is 2.66 bits per heavy atom. The van der Waals surface area contributed by atoms with Gasteiger partial charge in [-0.15, -0.1) is 11.3 Å². The van der Waals surface area contributed by atoms with Crippen LogP contribution >= 0.6 is 27.3 Å². The number of halogens is 1. The van der Waals surface area contributed by atoms with Crippen molar-refractivity contribution >= 4 is 49.1 Å². The Labute approximate surface area is 180 Å². The Hall–Kier alpha value is -2.77. The number of hydrogen-bond acceptors (Lipinski definition) is 4. The predicted octanol–water partition coefficient (Wildman–Crippen LogP) is 5.14. The number of rotatable bonds is 4. The molecule has 0 bridgehead atoms. The highest BCUT2D eigenvalue weighted by molar-refractivity contribution is 9.10. The fourth-order valence-electron chi connectivity index (χ4n) is 3.29. The zero-order chi connectivity index (χ0) is 20.5. The van der Waals surface area contributed by atoms with Gasteiger partial charge >= 0.3 is 0 Å². The molecule has 0 saturated heterocycles. The molecule has 1 amide bonds. The molecule has 0 radical (unpaired) electrons. The molecule has 5 nitrogen and oxygen atoms in total. The Morgan fingerprint density at radius 2 is 1.93 bits per heavy atom. The third kappa shape index (κ3) is 4.02. The third-order valence-electron chi connectivity index (χ3n) is 4.60. The van der Waals surface area contributed by atoms with Crippen LogP contribution in [0.25, 0.3) is 21.3 Å². The molecule has 0 aliphatic rings. The van der Waals surface area contributed by atoms with E-state index in [9.17, 15) is 9.59 Å². The van der Waals surface area contributed by atoms with Gasteiger partial charge < -0.3 is 5.32 Å². The van der Waals surface area contributed by atoms with Crippen molar-refractivity contribution in [1.29, 1.82) is 0 Å². The Balaban J connectivity index is 1.70. The number of carbonyl (C=O) groups is 1. The molecule has 0 saturated carbocycles. The lowest BCUT2D eigenvalue weighted by molar-refractivity contribution is -0.116. The van der Waals surface area contributed by atoms with E-state index in [0.717, 1.165) is 26.0 Å². The van der Waals surface area contributed by atoms with Crippen LogP contribution in [0.4, 0.5) is 5.69 Å². The largest absolute Gasteiger partial charge is 0.325 e. The number of aromatic nitrogens is 2. The summed E-state index contributed by atoms with van der Waals surface area (Å²) in [4.78, 5) is 31.8. The van der Waals surface area contributed by atoms with E-state index >= 15 is 0 Å². The van der Waals surface area contributed by atoms with Crippen molar-refractivity contribution in [3.8, 4) is 11.1 Å². The van der Waals surface area contributed by atoms with Crippen LogP contribution in [0.5, 0.6) is 0 Å². The standard InChI is InChI=1S/C22H18BrN3O2S/c1-13-4-3-5-17(10-13)25-18(27)11-26-12-24-21-20(22(26)28)19(14(2)29-21)15-6-8-16(23)9-7-15/h3-10,12H,11H2,1-2H3,(H,25,27). The smallest absolute Gasteiger partial charge is 0.263 e. The normalized spacial score (nSPS) is 11.0. The molecule has 0 aliphatic heterocycles. The molecule has 2 aromatic heterocycles. The molecule has 0 spiro atoms. The van der Waals surface area contributed by atoms with Gasteiger partial charge in [0.25, 0.3) is 5.56 Å². The first kappa shape index (κ1) is 19.5. The van der Waals surface area contributed by atoms with Gasteiger partial charge in [0, 0.05) is 20.6 Å². The molecular weight excluding hydrogens is 450 g/mol. The molecule has 29 heavy (non-hydrogen) atoms. The van der Waals surface area contributed by atoms with Crippen LogP contribution in [-0.4, -0.2) is 15.5 Å². The van der Waals surface area contributed by atoms with Crippen molar-refractivity contribution in [2.24, 2.45) is 0 Å². The van der Waals surface area contributed by atoms with E-state index in [1.54, 1.807) is 0 Å². The van der Waals surface area contributed by atoms with Gasteiger partial charge in [0.05, 0.1) is 11.7 Å². The maximum Gasteiger partial charge on any atom is 0.263 e. The van der Waals surface area contributed by atoms with Gasteiger partial charge in [-0.05, 0) is 49.2 Å². The summed E-state index contributed by atoms with van der Waals surface area (Å²) in [6.45, 7) is 3.85. The van der Waals surface area contributed by atoms with Gasteiger partial charge in [-0.3, -0.25) is 14.2 Å². The summed E-state index contributed by atoms with van der Waals surface area (Å²) < 4.78 is 2.34. The highest BCUT2D eigenvalue weighted by Crippen LogP contribution is 2.35. The van der Waals surface area contributed by atoms with Gasteiger partial charge in [-0.1, -0.05) is 40.2 Å². The van der Waals surface area contributed by atoms with Crippen molar-refractivity contribution in [3.63, 3.8) is 0 Å². The summed E-state index contributed by atoms with van der Waals surface area (Å²) in [6.07, 6.45) is 1.45. The van der Waals surface area contributed by atoms with Crippen LogP contribution in [0.15, 0.2) is 64.1 Å². The number of nitrogens with zero attached hydrogens (tertiary/aromatic N) is 2. The molecule has 4 aromatic rings. The second-order valence-electron chi connectivity index (χ2n) is 6.82. The van der Waals surface area contributed by atoms with Gasteiger partial charge in [-0.2, -0.15) is 0 Å². The maximum absolute atomic E-state index is 13.2. The zero-order valence-corrected chi connectivity index (χ0v) is 18.3. The van der Waals surface area contributed by atoms with Gasteiger partial charge in [0.1, 0.15) is 11.4 Å². The SMILES string of the molecule is Cc1cccc(NC(=O)Cn2cnc3sc(C)c(-c4ccc(Br)cc4)c3c2=O)c1. The summed E-state index contributed by atoms with van der Waals surface area (Å²) in [5, 5.41) is 3.39. The van der Waals surface area contributed by atoms with Crippen LogP contribution < -0.4 is 10.9 Å². The predicted molar refractivity (Wildman–Crippen MR) is 122 cm³/mol. The number of nitrogens with one attached hydrogen (secondary N) is 1. The minimum absolute atomic E-state index is 0.0929. The molecule has 4 rings (SSSR count). The number of carbonyl (C=O) groups excluding carboxylic acids is 1. The van der Waals surface area contributed by atoms with E-state index in [0.29, 0.717) is 15.9 Å². The van der Waals surface area contributed by atoms with Gasteiger partial charge in [-0.25, -0.2) is 4.98 Å². The van der Waals surface area contributed by atoms with E-state index in [1.165, 1.54) is 22.2 Å². The van der Waals surface area contributed by atoms with Gasteiger partial charge in [0.15, 0.2) is 0 Å². The van der Waals surface area contributed by atoms with Crippen molar-refractivity contribution in [1.82, 2.24) is 9.55 Å². The summed E-state index contributed by atoms with van der Waals surface area (Å²) >= 11 is 4.93. The molecule has 0 atom stereocenters. The first-order valence-electron chi connectivity index (χ1n) is 9.03. The van der Waals surface area contributed by atoms with E-state index in [-0.39, 0.29) is 18.0 Å². The Kier molecular flexibility index (Phi) is 5.34. The fraction of sp³-hybridized carbons (Fsp3) is 0.136. The third-order valence-corrected chi connectivity index (χ3v) is 6.15. The molecule has 2 heterocycles. The van der Waals surface area contributed by atoms with Crippen LogP contribution in [0.2, 0.25) is 0 Å². The van der Waals surface area contributed by atoms with E-state index in [4.69, 9.17) is 0 Å². The Morgan fingerprint density at radius 1 is 1.17 bits per heavy atom. The van der Waals surface area contributed by atoms with Crippen LogP contribution in [0.3, 0.4) is 0 Å². The topological polar surface area (TPSA) is 64.0 Å². The molecule has 1 N–H and O–H groups in total. The lowest BCUT2D eigenvalue weighted by Crippen LogP contribution is -2.27. The lowest BCUT2D eigenvalue weighted by atomic mass is 10.0. The molecule has 0 aliphatic carbocycles. The first-order valence-corrected chi connectivity index (χ1v) is 10.6. The minimum atomic E-state index is -0.268. The maximum atomic E-state index is 13.2. The van der Waals surface area contributed by atoms with Crippen molar-refractivity contribution in [2.45, 2.75) is 20.4 Å². The number of benzene rings is 2. The lowest BCUT2D eigenvalue weighted by Gasteiger charge is -2.08. The van der Waals surface area contributed by atoms with E-state index in [2.05, 4.69) is 26.2 Å². The van der Waals surface area contributed by atoms with Crippen molar-refractivity contribution < 1.29 is 4.79 Å². The molecule has 146 valence electrons. The first-order chi connectivity index (χ1) is 13.9. The highest BCUT2D eigenvalue weighted by atomic mass is 79.9. The second kappa shape index (κ2) is 7.93. The van der Waals surface area contributed by atoms with Gasteiger partial charge in [0.2, 0.25) is 5.91 Å². The van der Waals surface area contributed by atoms with Crippen LogP contribution in [0.1, 0.15) is 10.4 Å². The second-order valence-corrected chi connectivity index (χ2v) is 8.93. The minimum Gasteiger partial charge on any atom is -0.325 e. The summed E-state index contributed by atoms with van der Waals surface area (Å²) in [5.74, 6) is -0.268. The average molecular weight is 468 g/mol. The summed E-state index contributed by atoms with van der Waals surface area (Å²) in [7, 11) is 0. The number of fused-ring (bicyclic) bond motifs is 1. The van der Waals surface area contributed by atoms with E-state index < -0.39 is 0 Å². The van der Waals surface area contributed by atoms with Crippen LogP contribution in [-0.2, 0) is 11.3 Å². The monoisotopic (exact) mass is 467 g/mol. The summed E-state index contributed by atoms with van der Waals surface area (Å²) in [5.41, 5.74) is 3.38. The fourth-order valence-corrected chi connectivity index (χ4v) is 4.56. The summed E-state index contributed by atoms with van der Waals surface area (Å²) in [6, 6.07) is 15.4. The number of aryl methyl sites for hydroxylation is 2. The molecular formula is C22H18BrN3O2S. The van der Waals surface area contributed by atoms with Crippen molar-refractivity contribution in [3.05, 3.63) is 80.1 Å². The van der Waals surface area contributed by atoms with Crippen LogP contribution in [0, 0.1) is 13.8 Å². The number of anilines is 1. The average Bonchev–Trinajstić information content (AvgIpc) is 3.01. The molecule has 2 aromatic carbocycles. The molecule has 0 unspecified atom stereocenters.